The van der Waals surface area contributed by atoms with Crippen molar-refractivity contribution in [3.8, 4) is 5.75 Å². The number of carbonyl (C=O) groups excluding carboxylic acids is 1. The van der Waals surface area contributed by atoms with Gasteiger partial charge in [0.05, 0.1) is 16.6 Å². The molecule has 0 aromatic heterocycles. The molecule has 0 aliphatic carbocycles. The molecule has 0 spiro atoms. The fourth-order valence-corrected chi connectivity index (χ4v) is 1.22. The summed E-state index contributed by atoms with van der Waals surface area (Å²) in [5.74, 6) is -0.868. The number of alkyl halides is 3. The highest BCUT2D eigenvalue weighted by Crippen LogP contribution is 2.26. The number of hydrogen-bond acceptors (Lipinski definition) is 4. The van der Waals surface area contributed by atoms with Gasteiger partial charge in [0, 0.05) is 0 Å². The first-order chi connectivity index (χ1) is 8.20. The summed E-state index contributed by atoms with van der Waals surface area (Å²) >= 11 is 0. The van der Waals surface area contributed by atoms with Crippen LogP contribution in [0.25, 0.3) is 0 Å². The van der Waals surface area contributed by atoms with E-state index in [-0.39, 0.29) is 11.3 Å². The van der Waals surface area contributed by atoms with Crippen LogP contribution in [-0.2, 0) is 0 Å². The Balaban J connectivity index is 3.01. The minimum atomic E-state index is -4.53. The van der Waals surface area contributed by atoms with Gasteiger partial charge in [-0.15, -0.1) is 0 Å². The molecular formula is C10H8F3NO4. The molecule has 0 atom stereocenters. The monoisotopic (exact) mass is 263 g/mol. The number of carbonyl (C=O) groups is 1. The zero-order valence-electron chi connectivity index (χ0n) is 9.15. The minimum absolute atomic E-state index is 0.181. The average Bonchev–Trinajstić information content (AvgIpc) is 2.24. The quantitative estimate of drug-likeness (QED) is 0.475. The molecule has 0 fully saturated rings. The lowest BCUT2D eigenvalue weighted by atomic mass is 10.1. The number of ketones is 1. The molecule has 0 heterocycles. The van der Waals surface area contributed by atoms with Crippen LogP contribution in [0.4, 0.5) is 18.9 Å². The Morgan fingerprint density at radius 3 is 2.50 bits per heavy atom. The van der Waals surface area contributed by atoms with Crippen LogP contribution in [0.15, 0.2) is 18.2 Å². The van der Waals surface area contributed by atoms with E-state index < -0.39 is 29.2 Å². The molecule has 0 saturated carbocycles. The van der Waals surface area contributed by atoms with Gasteiger partial charge in [-0.1, -0.05) is 0 Å². The van der Waals surface area contributed by atoms with Crippen LogP contribution in [0, 0.1) is 10.1 Å². The number of nitrogens with zero attached hydrogens (tertiary/aromatic N) is 1. The summed E-state index contributed by atoms with van der Waals surface area (Å²) in [5, 5.41) is 10.7. The lowest BCUT2D eigenvalue weighted by Gasteiger charge is -2.09. The summed E-state index contributed by atoms with van der Waals surface area (Å²) in [6, 6.07) is 2.93. The second-order valence-corrected chi connectivity index (χ2v) is 3.40. The molecular weight excluding hydrogens is 255 g/mol. The Kier molecular flexibility index (Phi) is 3.89. The highest BCUT2D eigenvalue weighted by molar-refractivity contribution is 5.98. The fraction of sp³-hybridized carbons (Fsp3) is 0.300. The van der Waals surface area contributed by atoms with E-state index in [1.807, 2.05) is 0 Å². The van der Waals surface area contributed by atoms with E-state index in [2.05, 4.69) is 4.74 Å². The molecule has 0 bridgehead atoms. The van der Waals surface area contributed by atoms with Crippen LogP contribution in [0.5, 0.6) is 5.75 Å². The van der Waals surface area contributed by atoms with E-state index in [1.54, 1.807) is 0 Å². The molecule has 0 amide bonds. The molecule has 8 heteroatoms. The highest BCUT2D eigenvalue weighted by atomic mass is 19.4. The van der Waals surface area contributed by atoms with E-state index in [0.717, 1.165) is 25.1 Å². The standard InChI is InChI=1S/C10H8F3NO4/c1-6(15)8-3-2-7(4-9(8)14(16)17)18-5-10(11,12)13/h2-4H,5H2,1H3. The number of Topliss-reactive ketones (excluding diaryl/α,β-unsaturated/α-hetero) is 1. The van der Waals surface area contributed by atoms with Crippen LogP contribution < -0.4 is 4.74 Å². The summed E-state index contributed by atoms with van der Waals surface area (Å²) in [6.07, 6.45) is -4.53. The third kappa shape index (κ3) is 3.72. The lowest BCUT2D eigenvalue weighted by molar-refractivity contribution is -0.385. The van der Waals surface area contributed by atoms with Gasteiger partial charge in [0.1, 0.15) is 5.75 Å². The topological polar surface area (TPSA) is 69.4 Å². The summed E-state index contributed by atoms with van der Waals surface area (Å²) in [7, 11) is 0. The van der Waals surface area contributed by atoms with Gasteiger partial charge in [0.15, 0.2) is 12.4 Å². The molecule has 98 valence electrons. The van der Waals surface area contributed by atoms with Crippen molar-refractivity contribution in [3.63, 3.8) is 0 Å². The zero-order valence-corrected chi connectivity index (χ0v) is 9.15. The van der Waals surface area contributed by atoms with Gasteiger partial charge >= 0.3 is 6.18 Å². The first-order valence-corrected chi connectivity index (χ1v) is 4.69. The van der Waals surface area contributed by atoms with Gasteiger partial charge < -0.3 is 4.74 Å². The Hall–Kier alpha value is -2.12. The lowest BCUT2D eigenvalue weighted by Crippen LogP contribution is -2.19. The summed E-state index contributed by atoms with van der Waals surface area (Å²) in [4.78, 5) is 20.9. The number of nitro benzene ring substituents is 1. The van der Waals surface area contributed by atoms with Gasteiger partial charge in [-0.25, -0.2) is 0 Å². The van der Waals surface area contributed by atoms with Crippen molar-refractivity contribution >= 4 is 11.5 Å². The molecule has 1 rings (SSSR count). The molecule has 5 nitrogen and oxygen atoms in total. The van der Waals surface area contributed by atoms with E-state index in [9.17, 15) is 28.1 Å². The molecule has 1 aromatic carbocycles. The van der Waals surface area contributed by atoms with E-state index in [0.29, 0.717) is 0 Å². The maximum atomic E-state index is 11.9. The van der Waals surface area contributed by atoms with Crippen LogP contribution in [0.1, 0.15) is 17.3 Å². The molecule has 1 aromatic rings. The molecule has 0 unspecified atom stereocenters. The van der Waals surface area contributed by atoms with E-state index in [4.69, 9.17) is 0 Å². The van der Waals surface area contributed by atoms with Crippen molar-refractivity contribution in [3.05, 3.63) is 33.9 Å². The largest absolute Gasteiger partial charge is 0.484 e. The predicted molar refractivity (Wildman–Crippen MR) is 54.7 cm³/mol. The van der Waals surface area contributed by atoms with Crippen molar-refractivity contribution in [2.45, 2.75) is 13.1 Å². The molecule has 0 aliphatic rings. The smallest absolute Gasteiger partial charge is 0.422 e. The maximum absolute atomic E-state index is 11.9. The van der Waals surface area contributed by atoms with Crippen molar-refractivity contribution < 1.29 is 27.6 Å². The third-order valence-corrected chi connectivity index (χ3v) is 1.95. The first-order valence-electron chi connectivity index (χ1n) is 4.69. The summed E-state index contributed by atoms with van der Waals surface area (Å²) < 4.78 is 40.0. The van der Waals surface area contributed by atoms with Crippen molar-refractivity contribution in [2.24, 2.45) is 0 Å². The molecule has 0 radical (unpaired) electrons. The zero-order chi connectivity index (χ0) is 13.9. The molecule has 18 heavy (non-hydrogen) atoms. The second-order valence-electron chi connectivity index (χ2n) is 3.40. The van der Waals surface area contributed by atoms with Crippen molar-refractivity contribution in [1.82, 2.24) is 0 Å². The normalized spacial score (nSPS) is 11.1. The highest BCUT2D eigenvalue weighted by Gasteiger charge is 2.29. The first kappa shape index (κ1) is 13.9. The van der Waals surface area contributed by atoms with Crippen LogP contribution in [0.3, 0.4) is 0 Å². The van der Waals surface area contributed by atoms with Crippen molar-refractivity contribution in [1.29, 1.82) is 0 Å². The van der Waals surface area contributed by atoms with Crippen LogP contribution >= 0.6 is 0 Å². The molecule has 0 aliphatic heterocycles. The summed E-state index contributed by atoms with van der Waals surface area (Å²) in [6.45, 7) is -0.428. The van der Waals surface area contributed by atoms with Crippen molar-refractivity contribution in [2.75, 3.05) is 6.61 Å². The SMILES string of the molecule is CC(=O)c1ccc(OCC(F)(F)F)cc1[N+](=O)[O-]. The maximum Gasteiger partial charge on any atom is 0.422 e. The summed E-state index contributed by atoms with van der Waals surface area (Å²) in [5.41, 5.74) is -0.762. The Morgan fingerprint density at radius 2 is 2.06 bits per heavy atom. The number of halogens is 3. The Labute approximate surface area is 99.3 Å². The third-order valence-electron chi connectivity index (χ3n) is 1.95. The van der Waals surface area contributed by atoms with Gasteiger partial charge in [-0.3, -0.25) is 14.9 Å². The van der Waals surface area contributed by atoms with E-state index in [1.165, 1.54) is 0 Å². The molecule has 0 saturated heterocycles. The number of nitro groups is 1. The van der Waals surface area contributed by atoms with Crippen LogP contribution in [0.2, 0.25) is 0 Å². The predicted octanol–water partition coefficient (Wildman–Crippen LogP) is 2.74. The van der Waals surface area contributed by atoms with Gasteiger partial charge in [-0.2, -0.15) is 13.2 Å². The van der Waals surface area contributed by atoms with E-state index >= 15 is 0 Å². The fourth-order valence-electron chi connectivity index (χ4n) is 1.22. The number of ether oxygens (including phenoxy) is 1. The number of hydrogen-bond donors (Lipinski definition) is 0. The Morgan fingerprint density at radius 1 is 1.44 bits per heavy atom. The number of rotatable bonds is 4. The van der Waals surface area contributed by atoms with Gasteiger partial charge in [0.25, 0.3) is 5.69 Å². The van der Waals surface area contributed by atoms with Crippen LogP contribution in [-0.4, -0.2) is 23.5 Å². The van der Waals surface area contributed by atoms with Gasteiger partial charge in [0.2, 0.25) is 0 Å². The Bertz CT molecular complexity index is 485. The second kappa shape index (κ2) is 5.03. The number of benzene rings is 1. The minimum Gasteiger partial charge on any atom is -0.484 e. The molecule has 0 N–H and O–H groups in total. The van der Waals surface area contributed by atoms with Gasteiger partial charge in [-0.05, 0) is 19.1 Å². The average molecular weight is 263 g/mol.